The highest BCUT2D eigenvalue weighted by Crippen LogP contribution is 2.51. The lowest BCUT2D eigenvalue weighted by Crippen LogP contribution is -3.06. The first-order valence-electron chi connectivity index (χ1n) is 10.7. The maximum absolute atomic E-state index is 4.69. The minimum atomic E-state index is 0.270. The Kier molecular flexibility index (Phi) is 6.07. The average Bonchev–Trinajstić information content (AvgIpc) is 3.27. The first-order valence-corrected chi connectivity index (χ1v) is 11.6. The Morgan fingerprint density at radius 1 is 0.966 bits per heavy atom. The van der Waals surface area contributed by atoms with Crippen molar-refractivity contribution in [3.05, 3.63) is 65.5 Å². The van der Waals surface area contributed by atoms with Crippen LogP contribution in [-0.4, -0.2) is 28.9 Å². The van der Waals surface area contributed by atoms with Gasteiger partial charge in [-0.05, 0) is 28.7 Å². The van der Waals surface area contributed by atoms with Crippen LogP contribution in [0.2, 0.25) is 0 Å². The maximum Gasteiger partial charge on any atom is 0.192 e. The van der Waals surface area contributed by atoms with E-state index in [1.165, 1.54) is 33.6 Å². The number of aromatic nitrogens is 3. The summed E-state index contributed by atoms with van der Waals surface area (Å²) < 4.78 is 2.39. The summed E-state index contributed by atoms with van der Waals surface area (Å²) in [4.78, 5) is 1.41. The molecule has 0 bridgehead atoms. The number of benzene rings is 2. The molecule has 0 unspecified atom stereocenters. The zero-order valence-corrected chi connectivity index (χ0v) is 18.7. The van der Waals surface area contributed by atoms with Crippen molar-refractivity contribution in [3.8, 4) is 11.1 Å². The molecule has 1 aromatic heterocycles. The normalized spacial score (nSPS) is 14.2. The Morgan fingerprint density at radius 3 is 2.14 bits per heavy atom. The highest BCUT2D eigenvalue weighted by molar-refractivity contribution is 7.99. The quantitative estimate of drug-likeness (QED) is 0.596. The zero-order chi connectivity index (χ0) is 20.4. The Morgan fingerprint density at radius 2 is 1.59 bits per heavy atom. The monoisotopic (exact) mass is 407 g/mol. The minimum Gasteiger partial charge on any atom is -0.331 e. The summed E-state index contributed by atoms with van der Waals surface area (Å²) >= 11 is 1.85. The highest BCUT2D eigenvalue weighted by Gasteiger charge is 2.32. The van der Waals surface area contributed by atoms with Crippen LogP contribution in [0.25, 0.3) is 11.1 Å². The molecule has 1 aliphatic rings. The standard InChI is InChI=1S/C24H30N4S/c1-5-7-16-28-23(21(6-2)27(3)4)25-26-24(28)29-22-19-14-10-8-12-17(19)18-13-9-11-15-20(18)22/h8-15,21-22H,5-7,16H2,1-4H3/p+1/t21-/m0/s1. The van der Waals surface area contributed by atoms with Gasteiger partial charge < -0.3 is 9.47 Å². The fourth-order valence-electron chi connectivity index (χ4n) is 4.36. The van der Waals surface area contributed by atoms with Gasteiger partial charge in [-0.2, -0.15) is 0 Å². The number of thioether (sulfide) groups is 1. The van der Waals surface area contributed by atoms with Crippen LogP contribution < -0.4 is 4.90 Å². The van der Waals surface area contributed by atoms with Crippen molar-refractivity contribution < 1.29 is 4.90 Å². The third-order valence-corrected chi connectivity index (χ3v) is 7.15. The topological polar surface area (TPSA) is 35.1 Å². The lowest BCUT2D eigenvalue weighted by atomic mass is 10.1. The van der Waals surface area contributed by atoms with E-state index in [0.717, 1.165) is 30.4 Å². The molecule has 0 fully saturated rings. The van der Waals surface area contributed by atoms with E-state index in [-0.39, 0.29) is 5.25 Å². The SMILES string of the molecule is CCCCn1c(SC2c3ccccc3-c3ccccc32)nnc1[C@H](CC)[NH+](C)C. The first kappa shape index (κ1) is 20.2. The van der Waals surface area contributed by atoms with Gasteiger partial charge in [0.1, 0.15) is 6.04 Å². The van der Waals surface area contributed by atoms with Crippen molar-refractivity contribution in [1.29, 1.82) is 0 Å². The molecule has 0 saturated heterocycles. The van der Waals surface area contributed by atoms with Crippen LogP contribution in [0.5, 0.6) is 0 Å². The molecule has 29 heavy (non-hydrogen) atoms. The molecule has 0 amide bonds. The molecule has 1 atom stereocenters. The Hall–Kier alpha value is -2.11. The van der Waals surface area contributed by atoms with Gasteiger partial charge in [0.2, 0.25) is 0 Å². The number of fused-ring (bicyclic) bond motifs is 3. The predicted molar refractivity (Wildman–Crippen MR) is 120 cm³/mol. The number of rotatable bonds is 8. The largest absolute Gasteiger partial charge is 0.331 e. The Balaban J connectivity index is 1.74. The first-order chi connectivity index (χ1) is 14.2. The lowest BCUT2D eigenvalue weighted by Gasteiger charge is -2.21. The van der Waals surface area contributed by atoms with Crippen molar-refractivity contribution in [2.75, 3.05) is 14.1 Å². The third-order valence-electron chi connectivity index (χ3n) is 5.90. The Labute approximate surface area is 178 Å². The van der Waals surface area contributed by atoms with Crippen LogP contribution in [0.15, 0.2) is 53.7 Å². The van der Waals surface area contributed by atoms with Crippen molar-refractivity contribution in [2.45, 2.75) is 56.1 Å². The van der Waals surface area contributed by atoms with Gasteiger partial charge in [-0.25, -0.2) is 0 Å². The van der Waals surface area contributed by atoms with Crippen LogP contribution in [0, 0.1) is 0 Å². The molecular formula is C24H31N4S+. The number of nitrogens with zero attached hydrogens (tertiary/aromatic N) is 3. The van der Waals surface area contributed by atoms with Gasteiger partial charge in [0.15, 0.2) is 11.0 Å². The van der Waals surface area contributed by atoms with Crippen molar-refractivity contribution in [3.63, 3.8) is 0 Å². The highest BCUT2D eigenvalue weighted by atomic mass is 32.2. The average molecular weight is 408 g/mol. The second-order valence-electron chi connectivity index (χ2n) is 8.06. The molecule has 3 aromatic rings. The van der Waals surface area contributed by atoms with E-state index in [9.17, 15) is 0 Å². The fraction of sp³-hybridized carbons (Fsp3) is 0.417. The summed E-state index contributed by atoms with van der Waals surface area (Å²) in [7, 11) is 4.42. The van der Waals surface area contributed by atoms with E-state index in [2.05, 4.69) is 86.1 Å². The summed E-state index contributed by atoms with van der Waals surface area (Å²) in [6.45, 7) is 5.47. The molecular weight excluding hydrogens is 376 g/mol. The number of hydrogen-bond acceptors (Lipinski definition) is 3. The summed E-state index contributed by atoms with van der Waals surface area (Å²) in [5.74, 6) is 1.13. The van der Waals surface area contributed by atoms with Gasteiger partial charge in [-0.15, -0.1) is 10.2 Å². The predicted octanol–water partition coefficient (Wildman–Crippen LogP) is 4.54. The molecule has 0 aliphatic heterocycles. The Bertz CT molecular complexity index is 933. The number of hydrogen-bond donors (Lipinski definition) is 1. The van der Waals surface area contributed by atoms with Crippen LogP contribution in [0.4, 0.5) is 0 Å². The molecule has 1 aliphatic carbocycles. The summed E-state index contributed by atoms with van der Waals surface area (Å²) in [5.41, 5.74) is 5.47. The van der Waals surface area contributed by atoms with Gasteiger partial charge in [0.25, 0.3) is 0 Å². The van der Waals surface area contributed by atoms with Crippen LogP contribution in [0.1, 0.15) is 61.4 Å². The molecule has 1 heterocycles. The molecule has 0 radical (unpaired) electrons. The van der Waals surface area contributed by atoms with Gasteiger partial charge in [0.05, 0.1) is 19.3 Å². The van der Waals surface area contributed by atoms with E-state index in [4.69, 9.17) is 5.10 Å². The number of nitrogens with one attached hydrogen (secondary N) is 1. The van der Waals surface area contributed by atoms with Crippen molar-refractivity contribution >= 4 is 11.8 Å². The summed E-state index contributed by atoms with van der Waals surface area (Å²) in [6, 6.07) is 17.9. The smallest absolute Gasteiger partial charge is 0.192 e. The fourth-order valence-corrected chi connectivity index (χ4v) is 5.64. The third kappa shape index (κ3) is 3.74. The molecule has 4 nitrogen and oxygen atoms in total. The second kappa shape index (κ2) is 8.72. The van der Waals surface area contributed by atoms with Gasteiger partial charge >= 0.3 is 0 Å². The van der Waals surface area contributed by atoms with Crippen LogP contribution >= 0.6 is 11.8 Å². The zero-order valence-electron chi connectivity index (χ0n) is 17.9. The minimum absolute atomic E-state index is 0.270. The molecule has 4 rings (SSSR count). The van der Waals surface area contributed by atoms with Crippen molar-refractivity contribution in [2.24, 2.45) is 0 Å². The molecule has 152 valence electrons. The van der Waals surface area contributed by atoms with E-state index >= 15 is 0 Å². The van der Waals surface area contributed by atoms with Crippen molar-refractivity contribution in [1.82, 2.24) is 14.8 Å². The molecule has 0 spiro atoms. The van der Waals surface area contributed by atoms with E-state index in [0.29, 0.717) is 6.04 Å². The number of quaternary nitrogens is 1. The lowest BCUT2D eigenvalue weighted by molar-refractivity contribution is -0.893. The maximum atomic E-state index is 4.69. The van der Waals surface area contributed by atoms with E-state index < -0.39 is 0 Å². The molecule has 1 N–H and O–H groups in total. The summed E-state index contributed by atoms with van der Waals surface area (Å²) in [6.07, 6.45) is 3.38. The van der Waals surface area contributed by atoms with Crippen LogP contribution in [-0.2, 0) is 6.54 Å². The van der Waals surface area contributed by atoms with Gasteiger partial charge in [0, 0.05) is 13.0 Å². The van der Waals surface area contributed by atoms with E-state index in [1.807, 2.05) is 11.8 Å². The number of unbranched alkanes of at least 4 members (excludes halogenated alkanes) is 1. The molecule has 2 aromatic carbocycles. The van der Waals surface area contributed by atoms with Gasteiger partial charge in [-0.1, -0.05) is 80.6 Å². The van der Waals surface area contributed by atoms with E-state index in [1.54, 1.807) is 0 Å². The van der Waals surface area contributed by atoms with Gasteiger partial charge in [-0.3, -0.25) is 0 Å². The summed E-state index contributed by atoms with van der Waals surface area (Å²) in [5, 5.41) is 10.7. The van der Waals surface area contributed by atoms with Crippen LogP contribution in [0.3, 0.4) is 0 Å². The molecule has 0 saturated carbocycles. The second-order valence-corrected chi connectivity index (χ2v) is 9.13. The molecule has 5 heteroatoms.